The van der Waals surface area contributed by atoms with Gasteiger partial charge in [-0.2, -0.15) is 0 Å². The average molecular weight is 473 g/mol. The van der Waals surface area contributed by atoms with E-state index in [0.717, 1.165) is 46.4 Å². The first-order valence-corrected chi connectivity index (χ1v) is 13.0. The molecule has 6 aromatic rings. The SMILES string of the molecule is CC(C)Cc1cc2oc3ccccc3c2c(CC(C)C)c1-n1c(-c2ccccc2)nc2ccccc21. The van der Waals surface area contributed by atoms with Crippen LogP contribution in [0, 0.1) is 11.8 Å². The first-order valence-electron chi connectivity index (χ1n) is 13.0. The summed E-state index contributed by atoms with van der Waals surface area (Å²) < 4.78 is 8.86. The first kappa shape index (κ1) is 22.6. The Morgan fingerprint density at radius 2 is 1.44 bits per heavy atom. The van der Waals surface area contributed by atoms with Crippen molar-refractivity contribution in [1.82, 2.24) is 9.55 Å². The molecule has 36 heavy (non-hydrogen) atoms. The van der Waals surface area contributed by atoms with Crippen molar-refractivity contribution >= 4 is 33.0 Å². The molecule has 4 aromatic carbocycles. The van der Waals surface area contributed by atoms with Gasteiger partial charge in [0, 0.05) is 16.3 Å². The topological polar surface area (TPSA) is 31.0 Å². The number of fused-ring (bicyclic) bond motifs is 4. The van der Waals surface area contributed by atoms with E-state index in [9.17, 15) is 0 Å². The highest BCUT2D eigenvalue weighted by atomic mass is 16.3. The molecule has 180 valence electrons. The van der Waals surface area contributed by atoms with Crippen LogP contribution in [0.1, 0.15) is 38.8 Å². The Labute approximate surface area is 212 Å². The van der Waals surface area contributed by atoms with Crippen LogP contribution in [0.15, 0.2) is 89.3 Å². The summed E-state index contributed by atoms with van der Waals surface area (Å²) in [5.41, 5.74) is 9.13. The van der Waals surface area contributed by atoms with Crippen LogP contribution in [0.25, 0.3) is 50.0 Å². The number of furan rings is 1. The summed E-state index contributed by atoms with van der Waals surface area (Å²) in [6.45, 7) is 9.19. The van der Waals surface area contributed by atoms with Gasteiger partial charge in [0.25, 0.3) is 0 Å². The molecule has 0 fully saturated rings. The van der Waals surface area contributed by atoms with Crippen LogP contribution in [-0.4, -0.2) is 9.55 Å². The maximum atomic E-state index is 6.45. The molecule has 0 amide bonds. The zero-order valence-electron chi connectivity index (χ0n) is 21.5. The highest BCUT2D eigenvalue weighted by Gasteiger charge is 2.25. The molecular weight excluding hydrogens is 440 g/mol. The van der Waals surface area contributed by atoms with Crippen molar-refractivity contribution in [3.63, 3.8) is 0 Å². The molecule has 0 aliphatic rings. The highest BCUT2D eigenvalue weighted by Crippen LogP contribution is 2.41. The third kappa shape index (κ3) is 3.80. The van der Waals surface area contributed by atoms with Gasteiger partial charge in [0.05, 0.1) is 16.7 Å². The maximum absolute atomic E-state index is 6.45. The number of nitrogens with zero attached hydrogens (tertiary/aromatic N) is 2. The summed E-state index contributed by atoms with van der Waals surface area (Å²) in [6, 6.07) is 29.8. The molecule has 2 heterocycles. The van der Waals surface area contributed by atoms with Crippen molar-refractivity contribution in [2.75, 3.05) is 0 Å². The van der Waals surface area contributed by atoms with E-state index in [2.05, 4.69) is 117 Å². The number of aromatic nitrogens is 2. The van der Waals surface area contributed by atoms with Gasteiger partial charge in [-0.3, -0.25) is 4.57 Å². The monoisotopic (exact) mass is 472 g/mol. The lowest BCUT2D eigenvalue weighted by Crippen LogP contribution is -2.10. The van der Waals surface area contributed by atoms with Crippen LogP contribution in [0.2, 0.25) is 0 Å². The number of benzene rings is 4. The summed E-state index contributed by atoms with van der Waals surface area (Å²) >= 11 is 0. The lowest BCUT2D eigenvalue weighted by Gasteiger charge is -2.22. The Bertz CT molecular complexity index is 1690. The third-order valence-corrected chi connectivity index (χ3v) is 6.88. The molecule has 0 saturated heterocycles. The lowest BCUT2D eigenvalue weighted by molar-refractivity contribution is 0.629. The molecule has 2 aromatic heterocycles. The van der Waals surface area contributed by atoms with E-state index < -0.39 is 0 Å². The van der Waals surface area contributed by atoms with Crippen LogP contribution < -0.4 is 0 Å². The largest absolute Gasteiger partial charge is 0.456 e. The van der Waals surface area contributed by atoms with E-state index in [0.29, 0.717) is 11.8 Å². The maximum Gasteiger partial charge on any atom is 0.145 e. The molecule has 6 rings (SSSR count). The van der Waals surface area contributed by atoms with Gasteiger partial charge in [-0.05, 0) is 60.1 Å². The Hall–Kier alpha value is -3.85. The highest BCUT2D eigenvalue weighted by molar-refractivity contribution is 6.08. The van der Waals surface area contributed by atoms with Crippen molar-refractivity contribution in [2.24, 2.45) is 11.8 Å². The van der Waals surface area contributed by atoms with Gasteiger partial charge in [-0.1, -0.05) is 88.4 Å². The average Bonchev–Trinajstić information content (AvgIpc) is 3.42. The summed E-state index contributed by atoms with van der Waals surface area (Å²) in [5, 5.41) is 2.42. The number of hydrogen-bond acceptors (Lipinski definition) is 2. The third-order valence-electron chi connectivity index (χ3n) is 6.88. The molecule has 0 spiro atoms. The number of rotatable bonds is 6. The van der Waals surface area contributed by atoms with E-state index in [1.54, 1.807) is 0 Å². The van der Waals surface area contributed by atoms with Crippen LogP contribution in [0.5, 0.6) is 0 Å². The molecule has 0 unspecified atom stereocenters. The number of hydrogen-bond donors (Lipinski definition) is 0. The van der Waals surface area contributed by atoms with Gasteiger partial charge >= 0.3 is 0 Å². The zero-order chi connectivity index (χ0) is 24.8. The van der Waals surface area contributed by atoms with Crippen molar-refractivity contribution < 1.29 is 4.42 Å². The molecule has 0 atom stereocenters. The van der Waals surface area contributed by atoms with Crippen LogP contribution in [0.3, 0.4) is 0 Å². The molecule has 0 N–H and O–H groups in total. The number of para-hydroxylation sites is 3. The van der Waals surface area contributed by atoms with E-state index in [-0.39, 0.29) is 0 Å². The van der Waals surface area contributed by atoms with E-state index in [4.69, 9.17) is 9.40 Å². The predicted molar refractivity (Wildman–Crippen MR) is 151 cm³/mol. The summed E-state index contributed by atoms with van der Waals surface area (Å²) in [7, 11) is 0. The van der Waals surface area contributed by atoms with Crippen molar-refractivity contribution in [3.05, 3.63) is 96.1 Å². The molecule has 0 radical (unpaired) electrons. The fourth-order valence-electron chi connectivity index (χ4n) is 5.53. The van der Waals surface area contributed by atoms with Gasteiger partial charge in [-0.25, -0.2) is 4.98 Å². The Balaban J connectivity index is 1.81. The molecule has 3 heteroatoms. The predicted octanol–water partition coefficient (Wildman–Crippen LogP) is 8.99. The Kier molecular flexibility index (Phi) is 5.64. The molecular formula is C33H32N2O. The second-order valence-electron chi connectivity index (χ2n) is 10.7. The van der Waals surface area contributed by atoms with Crippen molar-refractivity contribution in [3.8, 4) is 17.1 Å². The van der Waals surface area contributed by atoms with Crippen LogP contribution >= 0.6 is 0 Å². The Morgan fingerprint density at radius 3 is 2.22 bits per heavy atom. The Morgan fingerprint density at radius 1 is 0.750 bits per heavy atom. The fraction of sp³-hybridized carbons (Fsp3) is 0.242. The minimum absolute atomic E-state index is 0.491. The molecule has 0 bridgehead atoms. The molecule has 0 saturated carbocycles. The van der Waals surface area contributed by atoms with Gasteiger partial charge in [0.1, 0.15) is 17.0 Å². The number of imidazole rings is 1. The summed E-state index contributed by atoms with van der Waals surface area (Å²) in [4.78, 5) is 5.17. The molecule has 0 aliphatic carbocycles. The van der Waals surface area contributed by atoms with Gasteiger partial charge in [-0.15, -0.1) is 0 Å². The van der Waals surface area contributed by atoms with E-state index >= 15 is 0 Å². The van der Waals surface area contributed by atoms with E-state index in [1.807, 2.05) is 0 Å². The van der Waals surface area contributed by atoms with Gasteiger partial charge in [0.2, 0.25) is 0 Å². The van der Waals surface area contributed by atoms with Gasteiger partial charge in [0.15, 0.2) is 0 Å². The minimum Gasteiger partial charge on any atom is -0.456 e. The standard InChI is InChI=1S/C33H32N2O/c1-21(2)18-24-20-30-31(25-14-8-11-17-29(25)36-30)26(19-22(3)4)32(24)35-28-16-10-9-15-27(28)34-33(35)23-12-6-5-7-13-23/h5-17,20-22H,18-19H2,1-4H3. The van der Waals surface area contributed by atoms with Crippen LogP contribution in [-0.2, 0) is 12.8 Å². The van der Waals surface area contributed by atoms with Gasteiger partial charge < -0.3 is 4.42 Å². The van der Waals surface area contributed by atoms with Crippen molar-refractivity contribution in [1.29, 1.82) is 0 Å². The summed E-state index contributed by atoms with van der Waals surface area (Å²) in [5.74, 6) is 1.98. The normalized spacial score (nSPS) is 12.1. The second kappa shape index (κ2) is 8.98. The molecule has 3 nitrogen and oxygen atoms in total. The molecule has 0 aliphatic heterocycles. The van der Waals surface area contributed by atoms with Crippen LogP contribution in [0.4, 0.5) is 0 Å². The zero-order valence-corrected chi connectivity index (χ0v) is 21.5. The fourth-order valence-corrected chi connectivity index (χ4v) is 5.53. The first-order chi connectivity index (χ1) is 17.5. The van der Waals surface area contributed by atoms with Crippen molar-refractivity contribution in [2.45, 2.75) is 40.5 Å². The second-order valence-corrected chi connectivity index (χ2v) is 10.7. The quantitative estimate of drug-likeness (QED) is 0.242. The smallest absolute Gasteiger partial charge is 0.145 e. The lowest BCUT2D eigenvalue weighted by atomic mass is 9.90. The summed E-state index contributed by atoms with van der Waals surface area (Å²) in [6.07, 6.45) is 1.93. The minimum atomic E-state index is 0.491. The van der Waals surface area contributed by atoms with E-state index in [1.165, 1.54) is 27.6 Å².